The van der Waals surface area contributed by atoms with E-state index in [0.717, 1.165) is 29.7 Å². The fourth-order valence-corrected chi connectivity index (χ4v) is 4.26. The van der Waals surface area contributed by atoms with E-state index in [1.54, 1.807) is 0 Å². The molecule has 4 unspecified atom stereocenters. The highest BCUT2D eigenvalue weighted by molar-refractivity contribution is 4.87. The van der Waals surface area contributed by atoms with Crippen LogP contribution in [0.2, 0.25) is 0 Å². The predicted molar refractivity (Wildman–Crippen MR) is 81.8 cm³/mol. The minimum absolute atomic E-state index is 0.756. The van der Waals surface area contributed by atoms with Crippen LogP contribution in [0.15, 0.2) is 0 Å². The molecule has 1 rings (SSSR count). The predicted octanol–water partition coefficient (Wildman–Crippen LogP) is 4.86. The molecule has 0 amide bonds. The Bertz CT molecular complexity index is 204. The van der Waals surface area contributed by atoms with Gasteiger partial charge in [0.05, 0.1) is 0 Å². The standard InChI is InChI=1S/C17H35N/c1-6-8-9-15(7-2)17(18-5)16-11-13(3)10-14(4)12-16/h13-18H,6-12H2,1-5H3. The van der Waals surface area contributed by atoms with Crippen molar-refractivity contribution in [2.45, 2.75) is 78.7 Å². The van der Waals surface area contributed by atoms with E-state index in [0.29, 0.717) is 0 Å². The molecule has 0 aromatic carbocycles. The molecule has 18 heavy (non-hydrogen) atoms. The molecule has 1 fully saturated rings. The lowest BCUT2D eigenvalue weighted by Gasteiger charge is -2.40. The largest absolute Gasteiger partial charge is 0.316 e. The fourth-order valence-electron chi connectivity index (χ4n) is 4.26. The van der Waals surface area contributed by atoms with Crippen LogP contribution < -0.4 is 5.32 Å². The summed E-state index contributed by atoms with van der Waals surface area (Å²) in [5.41, 5.74) is 0. The molecule has 1 N–H and O–H groups in total. The normalized spacial score (nSPS) is 32.2. The van der Waals surface area contributed by atoms with E-state index in [9.17, 15) is 0 Å². The summed E-state index contributed by atoms with van der Waals surface area (Å²) in [6.45, 7) is 9.58. The van der Waals surface area contributed by atoms with E-state index >= 15 is 0 Å². The van der Waals surface area contributed by atoms with Crippen molar-refractivity contribution in [2.75, 3.05) is 7.05 Å². The van der Waals surface area contributed by atoms with Gasteiger partial charge in [-0.1, -0.05) is 47.0 Å². The highest BCUT2D eigenvalue weighted by atomic mass is 14.9. The maximum absolute atomic E-state index is 3.67. The molecule has 1 saturated carbocycles. The molecule has 1 aliphatic rings. The SMILES string of the molecule is CCCCC(CC)C(NC)C1CC(C)CC(C)C1. The first kappa shape index (κ1) is 16.0. The minimum atomic E-state index is 0.756. The summed E-state index contributed by atoms with van der Waals surface area (Å²) in [5.74, 6) is 3.66. The van der Waals surface area contributed by atoms with Gasteiger partial charge in [-0.15, -0.1) is 0 Å². The van der Waals surface area contributed by atoms with E-state index in [4.69, 9.17) is 0 Å². The van der Waals surface area contributed by atoms with Crippen LogP contribution in [0.1, 0.15) is 72.6 Å². The van der Waals surface area contributed by atoms with Gasteiger partial charge in [0.15, 0.2) is 0 Å². The lowest BCUT2D eigenvalue weighted by molar-refractivity contribution is 0.141. The number of rotatable bonds is 7. The summed E-state index contributed by atoms with van der Waals surface area (Å²) in [6, 6.07) is 0.756. The number of unbranched alkanes of at least 4 members (excludes halogenated alkanes) is 1. The third-order valence-corrected chi connectivity index (χ3v) is 5.02. The summed E-state index contributed by atoms with van der Waals surface area (Å²) in [4.78, 5) is 0. The summed E-state index contributed by atoms with van der Waals surface area (Å²) in [5, 5.41) is 3.67. The molecular weight excluding hydrogens is 218 g/mol. The Kier molecular flexibility index (Phi) is 7.29. The van der Waals surface area contributed by atoms with Crippen molar-refractivity contribution in [2.24, 2.45) is 23.7 Å². The van der Waals surface area contributed by atoms with Gasteiger partial charge in [-0.3, -0.25) is 0 Å². The number of nitrogens with one attached hydrogen (secondary N) is 1. The first-order chi connectivity index (χ1) is 8.62. The Morgan fingerprint density at radius 3 is 2.11 bits per heavy atom. The van der Waals surface area contributed by atoms with Crippen LogP contribution in [0.25, 0.3) is 0 Å². The maximum atomic E-state index is 3.67. The molecule has 0 saturated heterocycles. The fraction of sp³-hybridized carbons (Fsp3) is 1.00. The van der Waals surface area contributed by atoms with Crippen molar-refractivity contribution < 1.29 is 0 Å². The summed E-state index contributed by atoms with van der Waals surface area (Å²) in [7, 11) is 2.18. The van der Waals surface area contributed by atoms with E-state index in [1.165, 1.54) is 44.9 Å². The van der Waals surface area contributed by atoms with Gasteiger partial charge >= 0.3 is 0 Å². The first-order valence-electron chi connectivity index (χ1n) is 8.29. The van der Waals surface area contributed by atoms with Gasteiger partial charge in [-0.25, -0.2) is 0 Å². The second kappa shape index (κ2) is 8.19. The molecule has 108 valence electrons. The van der Waals surface area contributed by atoms with Crippen LogP contribution >= 0.6 is 0 Å². The molecule has 0 aromatic rings. The lowest BCUT2D eigenvalue weighted by atomic mass is 9.70. The van der Waals surface area contributed by atoms with E-state index in [-0.39, 0.29) is 0 Å². The van der Waals surface area contributed by atoms with Crippen molar-refractivity contribution in [3.63, 3.8) is 0 Å². The van der Waals surface area contributed by atoms with Gasteiger partial charge in [0.25, 0.3) is 0 Å². The Balaban J connectivity index is 2.61. The molecule has 1 aliphatic carbocycles. The zero-order chi connectivity index (χ0) is 13.5. The van der Waals surface area contributed by atoms with Crippen molar-refractivity contribution in [3.8, 4) is 0 Å². The Morgan fingerprint density at radius 1 is 1.06 bits per heavy atom. The van der Waals surface area contributed by atoms with E-state index in [1.807, 2.05) is 0 Å². The highest BCUT2D eigenvalue weighted by Crippen LogP contribution is 2.37. The van der Waals surface area contributed by atoms with Crippen molar-refractivity contribution in [1.82, 2.24) is 5.32 Å². The minimum Gasteiger partial charge on any atom is -0.316 e. The molecule has 0 radical (unpaired) electrons. The van der Waals surface area contributed by atoms with Gasteiger partial charge < -0.3 is 5.32 Å². The van der Waals surface area contributed by atoms with Crippen molar-refractivity contribution in [1.29, 1.82) is 0 Å². The van der Waals surface area contributed by atoms with Gasteiger partial charge in [0.2, 0.25) is 0 Å². The molecular formula is C17H35N. The van der Waals surface area contributed by atoms with Crippen molar-refractivity contribution in [3.05, 3.63) is 0 Å². The number of hydrogen-bond donors (Lipinski definition) is 1. The Labute approximate surface area is 115 Å². The summed E-state index contributed by atoms with van der Waals surface area (Å²) >= 11 is 0. The average molecular weight is 253 g/mol. The van der Waals surface area contributed by atoms with Crippen LogP contribution in [-0.2, 0) is 0 Å². The summed E-state index contributed by atoms with van der Waals surface area (Å²) < 4.78 is 0. The molecule has 0 heterocycles. The first-order valence-corrected chi connectivity index (χ1v) is 8.29. The van der Waals surface area contributed by atoms with E-state index in [2.05, 4.69) is 40.1 Å². The Morgan fingerprint density at radius 2 is 1.67 bits per heavy atom. The van der Waals surface area contributed by atoms with Gasteiger partial charge in [0, 0.05) is 6.04 Å². The smallest absolute Gasteiger partial charge is 0.0121 e. The number of hydrogen-bond acceptors (Lipinski definition) is 1. The Hall–Kier alpha value is -0.0400. The van der Waals surface area contributed by atoms with Crippen LogP contribution in [0, 0.1) is 23.7 Å². The quantitative estimate of drug-likeness (QED) is 0.683. The summed E-state index contributed by atoms with van der Waals surface area (Å²) in [6.07, 6.45) is 9.82. The van der Waals surface area contributed by atoms with Crippen LogP contribution in [0.3, 0.4) is 0 Å². The van der Waals surface area contributed by atoms with E-state index < -0.39 is 0 Å². The zero-order valence-electron chi connectivity index (χ0n) is 13.3. The molecule has 0 aromatic heterocycles. The highest BCUT2D eigenvalue weighted by Gasteiger charge is 2.32. The lowest BCUT2D eigenvalue weighted by Crippen LogP contribution is -2.43. The third-order valence-electron chi connectivity index (χ3n) is 5.02. The molecule has 1 heteroatoms. The topological polar surface area (TPSA) is 12.0 Å². The second-order valence-corrected chi connectivity index (χ2v) is 6.80. The molecule has 1 nitrogen and oxygen atoms in total. The zero-order valence-corrected chi connectivity index (χ0v) is 13.3. The van der Waals surface area contributed by atoms with Crippen LogP contribution in [-0.4, -0.2) is 13.1 Å². The third kappa shape index (κ3) is 4.57. The molecule has 0 spiro atoms. The molecule has 4 atom stereocenters. The van der Waals surface area contributed by atoms with Crippen molar-refractivity contribution >= 4 is 0 Å². The molecule has 0 aliphatic heterocycles. The van der Waals surface area contributed by atoms with Crippen LogP contribution in [0.4, 0.5) is 0 Å². The van der Waals surface area contributed by atoms with Crippen LogP contribution in [0.5, 0.6) is 0 Å². The maximum Gasteiger partial charge on any atom is 0.0121 e. The average Bonchev–Trinajstić information content (AvgIpc) is 2.33. The monoisotopic (exact) mass is 253 g/mol. The van der Waals surface area contributed by atoms with Gasteiger partial charge in [-0.05, 0) is 56.4 Å². The van der Waals surface area contributed by atoms with Gasteiger partial charge in [0.1, 0.15) is 0 Å². The van der Waals surface area contributed by atoms with Gasteiger partial charge in [-0.2, -0.15) is 0 Å². The second-order valence-electron chi connectivity index (χ2n) is 6.80. The molecule has 0 bridgehead atoms.